The molecule has 0 unspecified atom stereocenters. The largest absolute Gasteiger partial charge is 0.466 e. The highest BCUT2D eigenvalue weighted by molar-refractivity contribution is 9.10. The zero-order valence-electron chi connectivity index (χ0n) is 9.84. The summed E-state index contributed by atoms with van der Waals surface area (Å²) in [5, 5.41) is 8.83. The summed E-state index contributed by atoms with van der Waals surface area (Å²) in [5.74, 6) is -0.765. The van der Waals surface area contributed by atoms with Crippen molar-refractivity contribution in [2.24, 2.45) is 0 Å². The standard InChI is InChI=1S/C12H9BrF3NO2/c1-2-19-10(18)5-7-3-4-9(13)8(6-17)11(7)12(14,15)16/h3-4H,2,5H2,1H3. The maximum atomic E-state index is 13.0. The van der Waals surface area contributed by atoms with E-state index in [1.165, 1.54) is 12.1 Å². The van der Waals surface area contributed by atoms with Crippen LogP contribution in [0.2, 0.25) is 0 Å². The minimum absolute atomic E-state index is 0.0370. The highest BCUT2D eigenvalue weighted by Crippen LogP contribution is 2.37. The van der Waals surface area contributed by atoms with Gasteiger partial charge in [0.05, 0.1) is 24.2 Å². The highest BCUT2D eigenvalue weighted by Gasteiger charge is 2.37. The van der Waals surface area contributed by atoms with Gasteiger partial charge in [0.1, 0.15) is 6.07 Å². The fourth-order valence-corrected chi connectivity index (χ4v) is 1.99. The second-order valence-corrected chi connectivity index (χ2v) is 4.40. The van der Waals surface area contributed by atoms with Gasteiger partial charge in [-0.2, -0.15) is 18.4 Å². The molecule has 0 aliphatic heterocycles. The summed E-state index contributed by atoms with van der Waals surface area (Å²) in [5.41, 5.74) is -1.91. The van der Waals surface area contributed by atoms with Crippen molar-refractivity contribution in [2.75, 3.05) is 6.61 Å². The van der Waals surface area contributed by atoms with Crippen molar-refractivity contribution in [3.8, 4) is 6.07 Å². The highest BCUT2D eigenvalue weighted by atomic mass is 79.9. The smallest absolute Gasteiger partial charge is 0.418 e. The number of nitrogens with zero attached hydrogens (tertiary/aromatic N) is 1. The number of benzene rings is 1. The fourth-order valence-electron chi connectivity index (χ4n) is 1.57. The van der Waals surface area contributed by atoms with Crippen molar-refractivity contribution < 1.29 is 22.7 Å². The van der Waals surface area contributed by atoms with Gasteiger partial charge >= 0.3 is 12.1 Å². The molecule has 7 heteroatoms. The predicted molar refractivity (Wildman–Crippen MR) is 64.2 cm³/mol. The first-order valence-electron chi connectivity index (χ1n) is 5.25. The molecule has 0 saturated heterocycles. The first-order valence-corrected chi connectivity index (χ1v) is 6.04. The van der Waals surface area contributed by atoms with Crippen LogP contribution in [-0.4, -0.2) is 12.6 Å². The minimum Gasteiger partial charge on any atom is -0.466 e. The van der Waals surface area contributed by atoms with Gasteiger partial charge in [0, 0.05) is 4.47 Å². The Morgan fingerprint density at radius 1 is 1.47 bits per heavy atom. The number of hydrogen-bond donors (Lipinski definition) is 0. The normalized spacial score (nSPS) is 10.9. The van der Waals surface area contributed by atoms with E-state index in [2.05, 4.69) is 20.7 Å². The zero-order valence-corrected chi connectivity index (χ0v) is 11.4. The Morgan fingerprint density at radius 3 is 2.58 bits per heavy atom. The van der Waals surface area contributed by atoms with Crippen molar-refractivity contribution in [3.63, 3.8) is 0 Å². The number of nitriles is 1. The lowest BCUT2D eigenvalue weighted by Crippen LogP contribution is -2.16. The Morgan fingerprint density at radius 2 is 2.11 bits per heavy atom. The molecule has 0 atom stereocenters. The summed E-state index contributed by atoms with van der Waals surface area (Å²) in [4.78, 5) is 11.3. The molecule has 0 amide bonds. The molecule has 1 aromatic carbocycles. The molecular formula is C12H9BrF3NO2. The maximum absolute atomic E-state index is 13.0. The molecule has 3 nitrogen and oxygen atoms in total. The Bertz CT molecular complexity index is 535. The van der Waals surface area contributed by atoms with E-state index >= 15 is 0 Å². The molecule has 1 aromatic rings. The van der Waals surface area contributed by atoms with Crippen LogP contribution in [0.1, 0.15) is 23.6 Å². The van der Waals surface area contributed by atoms with Crippen molar-refractivity contribution >= 4 is 21.9 Å². The van der Waals surface area contributed by atoms with Gasteiger partial charge in [0.15, 0.2) is 0 Å². The van der Waals surface area contributed by atoms with Gasteiger partial charge in [-0.05, 0) is 34.5 Å². The minimum atomic E-state index is -4.71. The molecule has 102 valence electrons. The van der Waals surface area contributed by atoms with E-state index in [9.17, 15) is 18.0 Å². The van der Waals surface area contributed by atoms with E-state index in [1.54, 1.807) is 6.92 Å². The number of ether oxygens (including phenoxy) is 1. The lowest BCUT2D eigenvalue weighted by Gasteiger charge is -2.15. The lowest BCUT2D eigenvalue weighted by atomic mass is 9.99. The predicted octanol–water partition coefficient (Wildman–Crippen LogP) is 3.45. The second-order valence-electron chi connectivity index (χ2n) is 3.55. The van der Waals surface area contributed by atoms with E-state index in [0.29, 0.717) is 0 Å². The molecule has 19 heavy (non-hydrogen) atoms. The molecule has 0 bridgehead atoms. The summed E-state index contributed by atoms with van der Waals surface area (Å²) in [6.07, 6.45) is -5.23. The van der Waals surface area contributed by atoms with Crippen LogP contribution in [-0.2, 0) is 22.1 Å². The third-order valence-corrected chi connectivity index (χ3v) is 2.94. The fraction of sp³-hybridized carbons (Fsp3) is 0.333. The van der Waals surface area contributed by atoms with E-state index in [4.69, 9.17) is 5.26 Å². The van der Waals surface area contributed by atoms with Crippen LogP contribution in [0.3, 0.4) is 0 Å². The van der Waals surface area contributed by atoms with Crippen LogP contribution in [0.25, 0.3) is 0 Å². The van der Waals surface area contributed by atoms with Gasteiger partial charge in [-0.3, -0.25) is 4.79 Å². The molecule has 0 radical (unpaired) electrons. The van der Waals surface area contributed by atoms with Crippen LogP contribution in [0.15, 0.2) is 16.6 Å². The summed E-state index contributed by atoms with van der Waals surface area (Å²) in [6, 6.07) is 3.96. The van der Waals surface area contributed by atoms with Crippen LogP contribution in [0.5, 0.6) is 0 Å². The Labute approximate surface area is 116 Å². The molecule has 0 fully saturated rings. The summed E-state index contributed by atoms with van der Waals surface area (Å²) < 4.78 is 43.6. The Hall–Kier alpha value is -1.55. The van der Waals surface area contributed by atoms with Crippen molar-refractivity contribution in [1.82, 2.24) is 0 Å². The molecule has 0 N–H and O–H groups in total. The van der Waals surface area contributed by atoms with Crippen LogP contribution < -0.4 is 0 Å². The Kier molecular flexibility index (Phi) is 4.95. The summed E-state index contributed by atoms with van der Waals surface area (Å²) in [6.45, 7) is 1.65. The Balaban J connectivity index is 3.33. The van der Waals surface area contributed by atoms with Crippen LogP contribution >= 0.6 is 15.9 Å². The number of carbonyl (C=O) groups excluding carboxylic acids is 1. The number of hydrogen-bond acceptors (Lipinski definition) is 3. The zero-order chi connectivity index (χ0) is 14.6. The van der Waals surface area contributed by atoms with E-state index in [-0.39, 0.29) is 16.6 Å². The lowest BCUT2D eigenvalue weighted by molar-refractivity contribution is -0.143. The number of alkyl halides is 3. The molecular weight excluding hydrogens is 327 g/mol. The number of carbonyl (C=O) groups is 1. The van der Waals surface area contributed by atoms with Gasteiger partial charge in [0.2, 0.25) is 0 Å². The molecule has 0 heterocycles. The van der Waals surface area contributed by atoms with Gasteiger partial charge in [-0.25, -0.2) is 0 Å². The van der Waals surface area contributed by atoms with Crippen molar-refractivity contribution in [3.05, 3.63) is 33.3 Å². The van der Waals surface area contributed by atoms with Crippen LogP contribution in [0.4, 0.5) is 13.2 Å². The van der Waals surface area contributed by atoms with E-state index < -0.39 is 29.7 Å². The van der Waals surface area contributed by atoms with Gasteiger partial charge < -0.3 is 4.74 Å². The maximum Gasteiger partial charge on any atom is 0.418 e. The molecule has 1 rings (SSSR count). The average molecular weight is 336 g/mol. The third-order valence-electron chi connectivity index (χ3n) is 2.28. The number of rotatable bonds is 3. The van der Waals surface area contributed by atoms with Gasteiger partial charge in [0.25, 0.3) is 0 Å². The SMILES string of the molecule is CCOC(=O)Cc1ccc(Br)c(C#N)c1C(F)(F)F. The van der Waals surface area contributed by atoms with E-state index in [1.807, 2.05) is 0 Å². The number of esters is 1. The number of halogens is 4. The van der Waals surface area contributed by atoms with Crippen molar-refractivity contribution in [1.29, 1.82) is 5.26 Å². The molecule has 0 saturated carbocycles. The summed E-state index contributed by atoms with van der Waals surface area (Å²) in [7, 11) is 0. The van der Waals surface area contributed by atoms with Gasteiger partial charge in [-0.1, -0.05) is 6.07 Å². The topological polar surface area (TPSA) is 50.1 Å². The first-order chi connectivity index (χ1) is 8.81. The first kappa shape index (κ1) is 15.5. The van der Waals surface area contributed by atoms with Gasteiger partial charge in [-0.15, -0.1) is 0 Å². The van der Waals surface area contributed by atoms with Crippen molar-refractivity contribution in [2.45, 2.75) is 19.5 Å². The van der Waals surface area contributed by atoms with E-state index in [0.717, 1.165) is 6.07 Å². The molecule has 0 aliphatic rings. The molecule has 0 spiro atoms. The quantitative estimate of drug-likeness (QED) is 0.795. The molecule has 0 aliphatic carbocycles. The summed E-state index contributed by atoms with van der Waals surface area (Å²) >= 11 is 2.89. The molecule has 0 aromatic heterocycles. The average Bonchev–Trinajstić information content (AvgIpc) is 2.29. The van der Waals surface area contributed by atoms with Crippen LogP contribution in [0, 0.1) is 11.3 Å². The third kappa shape index (κ3) is 3.70. The second kappa shape index (κ2) is 6.06. The monoisotopic (exact) mass is 335 g/mol.